The highest BCUT2D eigenvalue weighted by Gasteiger charge is 2.45. The van der Waals surface area contributed by atoms with Crippen LogP contribution in [0.4, 0.5) is 0 Å². The maximum atomic E-state index is 12.9. The van der Waals surface area contributed by atoms with Crippen LogP contribution >= 0.6 is 0 Å². The van der Waals surface area contributed by atoms with Gasteiger partial charge in [0.1, 0.15) is 11.5 Å². The number of nitrogens with zero attached hydrogens (tertiary/aromatic N) is 1. The molecule has 1 amide bonds. The fourth-order valence-corrected chi connectivity index (χ4v) is 4.03. The van der Waals surface area contributed by atoms with Crippen LogP contribution in [-0.2, 0) is 0 Å². The van der Waals surface area contributed by atoms with Gasteiger partial charge in [-0.05, 0) is 39.0 Å². The summed E-state index contributed by atoms with van der Waals surface area (Å²) in [5.74, 6) is 3.03. The number of hydrogen-bond donors (Lipinski definition) is 1. The molecule has 3 heterocycles. The maximum Gasteiger partial charge on any atom is 0.257 e. The van der Waals surface area contributed by atoms with Gasteiger partial charge in [0.05, 0.1) is 5.56 Å². The molecule has 3 rings (SSSR count). The third-order valence-electron chi connectivity index (χ3n) is 5.17. The van der Waals surface area contributed by atoms with Crippen LogP contribution in [0.2, 0.25) is 0 Å². The number of aryl methyl sites for hydroxylation is 2. The van der Waals surface area contributed by atoms with Gasteiger partial charge in [-0.3, -0.25) is 4.79 Å². The number of furan rings is 1. The summed E-state index contributed by atoms with van der Waals surface area (Å²) >= 11 is 0. The van der Waals surface area contributed by atoms with E-state index >= 15 is 0 Å². The highest BCUT2D eigenvalue weighted by Crippen LogP contribution is 2.36. The van der Waals surface area contributed by atoms with Crippen molar-refractivity contribution in [2.45, 2.75) is 40.2 Å². The Balaban J connectivity index is 1.90. The molecule has 1 aromatic heterocycles. The Morgan fingerprint density at radius 2 is 2.05 bits per heavy atom. The van der Waals surface area contributed by atoms with Crippen molar-refractivity contribution < 1.29 is 9.21 Å². The van der Waals surface area contributed by atoms with Crippen LogP contribution in [0.5, 0.6) is 0 Å². The standard InChI is InChI=1S/C16H24N2O2/c1-5-14-13-7-17-6-12(13)8-18(14)16(19)15-9(2)10(3)20-11(15)4/h12-14,17H,5-8H2,1-4H3. The lowest BCUT2D eigenvalue weighted by atomic mass is 9.93. The molecule has 0 aliphatic carbocycles. The van der Waals surface area contributed by atoms with Crippen LogP contribution in [0.3, 0.4) is 0 Å². The number of hydrogen-bond acceptors (Lipinski definition) is 3. The van der Waals surface area contributed by atoms with Crippen LogP contribution in [0.1, 0.15) is 40.8 Å². The first kappa shape index (κ1) is 13.7. The molecule has 0 radical (unpaired) electrons. The average Bonchev–Trinajstić information content (AvgIpc) is 3.03. The molecule has 0 aromatic carbocycles. The molecular formula is C16H24N2O2. The molecule has 1 aromatic rings. The zero-order valence-corrected chi connectivity index (χ0v) is 12.8. The number of likely N-dealkylation sites (tertiary alicyclic amines) is 1. The fraction of sp³-hybridized carbons (Fsp3) is 0.688. The van der Waals surface area contributed by atoms with E-state index in [0.717, 1.165) is 48.7 Å². The predicted molar refractivity (Wildman–Crippen MR) is 77.9 cm³/mol. The first-order valence-corrected chi connectivity index (χ1v) is 7.62. The molecule has 0 bridgehead atoms. The van der Waals surface area contributed by atoms with Gasteiger partial charge in [-0.2, -0.15) is 0 Å². The lowest BCUT2D eigenvalue weighted by Gasteiger charge is -2.27. The van der Waals surface area contributed by atoms with E-state index in [2.05, 4.69) is 17.1 Å². The van der Waals surface area contributed by atoms with Gasteiger partial charge < -0.3 is 14.6 Å². The Hall–Kier alpha value is -1.29. The lowest BCUT2D eigenvalue weighted by Crippen LogP contribution is -2.39. The largest absolute Gasteiger partial charge is 0.466 e. The first-order valence-electron chi connectivity index (χ1n) is 7.62. The Morgan fingerprint density at radius 1 is 1.30 bits per heavy atom. The number of fused-ring (bicyclic) bond motifs is 1. The minimum absolute atomic E-state index is 0.165. The van der Waals surface area contributed by atoms with Crippen molar-refractivity contribution in [1.82, 2.24) is 10.2 Å². The van der Waals surface area contributed by atoms with Gasteiger partial charge in [0, 0.05) is 31.2 Å². The molecular weight excluding hydrogens is 252 g/mol. The first-order chi connectivity index (χ1) is 9.54. The third kappa shape index (κ3) is 1.89. The van der Waals surface area contributed by atoms with Crippen LogP contribution in [-0.4, -0.2) is 36.5 Å². The molecule has 2 fully saturated rings. The minimum atomic E-state index is 0.165. The summed E-state index contributed by atoms with van der Waals surface area (Å²) in [6.07, 6.45) is 1.03. The smallest absolute Gasteiger partial charge is 0.257 e. The average molecular weight is 276 g/mol. The van der Waals surface area contributed by atoms with E-state index in [1.165, 1.54) is 0 Å². The van der Waals surface area contributed by atoms with Crippen molar-refractivity contribution in [2.24, 2.45) is 11.8 Å². The van der Waals surface area contributed by atoms with E-state index < -0.39 is 0 Å². The van der Waals surface area contributed by atoms with Gasteiger partial charge in [-0.1, -0.05) is 6.92 Å². The second-order valence-electron chi connectivity index (χ2n) is 6.23. The predicted octanol–water partition coefficient (Wildman–Crippen LogP) is 2.27. The van der Waals surface area contributed by atoms with E-state index in [-0.39, 0.29) is 5.91 Å². The molecule has 1 N–H and O–H groups in total. The Kier molecular flexibility index (Phi) is 3.36. The van der Waals surface area contributed by atoms with Gasteiger partial charge >= 0.3 is 0 Å². The van der Waals surface area contributed by atoms with E-state index in [1.54, 1.807) is 0 Å². The van der Waals surface area contributed by atoms with Crippen molar-refractivity contribution in [1.29, 1.82) is 0 Å². The number of carbonyl (C=O) groups is 1. The van der Waals surface area contributed by atoms with Crippen molar-refractivity contribution in [3.05, 3.63) is 22.6 Å². The molecule has 3 unspecified atom stereocenters. The van der Waals surface area contributed by atoms with Gasteiger partial charge in [0.15, 0.2) is 0 Å². The fourth-order valence-electron chi connectivity index (χ4n) is 4.03. The summed E-state index contributed by atoms with van der Waals surface area (Å²) in [6, 6.07) is 0.372. The highest BCUT2D eigenvalue weighted by molar-refractivity contribution is 5.97. The minimum Gasteiger partial charge on any atom is -0.466 e. The highest BCUT2D eigenvalue weighted by atomic mass is 16.3. The topological polar surface area (TPSA) is 45.5 Å². The molecule has 4 heteroatoms. The summed E-state index contributed by atoms with van der Waals surface area (Å²) in [6.45, 7) is 11.0. The van der Waals surface area contributed by atoms with Crippen molar-refractivity contribution in [3.63, 3.8) is 0 Å². The van der Waals surface area contributed by atoms with Gasteiger partial charge in [0.25, 0.3) is 5.91 Å². The second kappa shape index (κ2) is 4.92. The Morgan fingerprint density at radius 3 is 2.65 bits per heavy atom. The maximum absolute atomic E-state index is 12.9. The molecule has 3 atom stereocenters. The SMILES string of the molecule is CCC1C2CNCC2CN1C(=O)c1c(C)oc(C)c1C. The molecule has 2 aliphatic heterocycles. The zero-order chi connectivity index (χ0) is 14.4. The molecule has 20 heavy (non-hydrogen) atoms. The third-order valence-corrected chi connectivity index (χ3v) is 5.17. The lowest BCUT2D eigenvalue weighted by molar-refractivity contribution is 0.0709. The normalized spacial score (nSPS) is 29.0. The Labute approximate surface area is 120 Å². The van der Waals surface area contributed by atoms with Gasteiger partial charge in [-0.15, -0.1) is 0 Å². The molecule has 0 spiro atoms. The zero-order valence-electron chi connectivity index (χ0n) is 12.8. The summed E-state index contributed by atoms with van der Waals surface area (Å²) < 4.78 is 5.63. The van der Waals surface area contributed by atoms with E-state index in [0.29, 0.717) is 17.9 Å². The molecule has 110 valence electrons. The van der Waals surface area contributed by atoms with E-state index in [4.69, 9.17) is 4.42 Å². The van der Waals surface area contributed by atoms with E-state index in [9.17, 15) is 4.79 Å². The quantitative estimate of drug-likeness (QED) is 0.901. The number of rotatable bonds is 2. The number of amides is 1. The van der Waals surface area contributed by atoms with Crippen LogP contribution < -0.4 is 5.32 Å². The summed E-state index contributed by atoms with van der Waals surface area (Å²) in [7, 11) is 0. The number of carbonyl (C=O) groups excluding carboxylic acids is 1. The van der Waals surface area contributed by atoms with Crippen LogP contribution in [0.15, 0.2) is 4.42 Å². The molecule has 4 nitrogen and oxygen atoms in total. The monoisotopic (exact) mass is 276 g/mol. The Bertz CT molecular complexity index is 535. The van der Waals surface area contributed by atoms with Crippen LogP contribution in [0.25, 0.3) is 0 Å². The second-order valence-corrected chi connectivity index (χ2v) is 6.23. The van der Waals surface area contributed by atoms with Gasteiger partial charge in [0.2, 0.25) is 0 Å². The van der Waals surface area contributed by atoms with Crippen molar-refractivity contribution >= 4 is 5.91 Å². The molecule has 0 saturated carbocycles. The molecule has 2 saturated heterocycles. The van der Waals surface area contributed by atoms with Crippen molar-refractivity contribution in [3.8, 4) is 0 Å². The summed E-state index contributed by atoms with van der Waals surface area (Å²) in [5.41, 5.74) is 1.78. The molecule has 2 aliphatic rings. The van der Waals surface area contributed by atoms with Gasteiger partial charge in [-0.25, -0.2) is 0 Å². The number of nitrogens with one attached hydrogen (secondary N) is 1. The van der Waals surface area contributed by atoms with Crippen molar-refractivity contribution in [2.75, 3.05) is 19.6 Å². The summed E-state index contributed by atoms with van der Waals surface area (Å²) in [4.78, 5) is 15.0. The van der Waals surface area contributed by atoms with Crippen LogP contribution in [0, 0.1) is 32.6 Å². The van der Waals surface area contributed by atoms with E-state index in [1.807, 2.05) is 20.8 Å². The summed E-state index contributed by atoms with van der Waals surface area (Å²) in [5, 5.41) is 3.46.